The van der Waals surface area contributed by atoms with Crippen LogP contribution in [-0.2, 0) is 11.3 Å². The minimum Gasteiger partial charge on any atom is -0.497 e. The first-order valence-electron chi connectivity index (χ1n) is 8.48. The average molecular weight is 362 g/mol. The second-order valence-corrected chi connectivity index (χ2v) is 7.50. The molecule has 0 fully saturated rings. The van der Waals surface area contributed by atoms with Crippen molar-refractivity contribution >= 4 is 17.7 Å². The van der Waals surface area contributed by atoms with E-state index in [0.717, 1.165) is 28.8 Å². The fourth-order valence-electron chi connectivity index (χ4n) is 2.39. The van der Waals surface area contributed by atoms with E-state index in [-0.39, 0.29) is 11.2 Å². The Morgan fingerprint density at radius 3 is 2.48 bits per heavy atom. The monoisotopic (exact) mass is 362 g/mol. The number of nitrogens with zero attached hydrogens (tertiary/aromatic N) is 3. The SMILES string of the molecule is CCNC(=O)[C@H](C)Sc1nnc(-c2ccc(OC)cc2)n1CC(C)C. The van der Waals surface area contributed by atoms with Gasteiger partial charge in [-0.25, -0.2) is 0 Å². The van der Waals surface area contributed by atoms with Crippen LogP contribution in [0.25, 0.3) is 11.4 Å². The lowest BCUT2D eigenvalue weighted by molar-refractivity contribution is -0.120. The number of methoxy groups -OCH3 is 1. The standard InChI is InChI=1S/C18H26N4O2S/c1-6-19-17(23)13(4)25-18-21-20-16(22(18)11-12(2)3)14-7-9-15(24-5)10-8-14/h7-10,12-13H,6,11H2,1-5H3,(H,19,23)/t13-/m0/s1. The number of benzene rings is 1. The molecule has 1 aromatic heterocycles. The molecule has 1 atom stereocenters. The summed E-state index contributed by atoms with van der Waals surface area (Å²) < 4.78 is 7.31. The summed E-state index contributed by atoms with van der Waals surface area (Å²) in [6.07, 6.45) is 0. The number of hydrogen-bond acceptors (Lipinski definition) is 5. The summed E-state index contributed by atoms with van der Waals surface area (Å²) in [5.74, 6) is 2.06. The summed E-state index contributed by atoms with van der Waals surface area (Å²) in [7, 11) is 1.65. The number of rotatable bonds is 8. The molecule has 25 heavy (non-hydrogen) atoms. The van der Waals surface area contributed by atoms with Crippen LogP contribution in [0.5, 0.6) is 5.75 Å². The Hall–Kier alpha value is -2.02. The van der Waals surface area contributed by atoms with E-state index in [2.05, 4.69) is 33.9 Å². The predicted octanol–water partition coefficient (Wildman–Crippen LogP) is 3.23. The lowest BCUT2D eigenvalue weighted by Gasteiger charge is -2.15. The first kappa shape index (κ1) is 19.3. The van der Waals surface area contributed by atoms with Gasteiger partial charge in [-0.05, 0) is 44.0 Å². The molecule has 1 N–H and O–H groups in total. The molecule has 0 bridgehead atoms. The second-order valence-electron chi connectivity index (χ2n) is 6.19. The van der Waals surface area contributed by atoms with Crippen molar-refractivity contribution in [2.75, 3.05) is 13.7 Å². The Bertz CT molecular complexity index is 698. The molecular formula is C18H26N4O2S. The van der Waals surface area contributed by atoms with Crippen LogP contribution in [0.3, 0.4) is 0 Å². The number of ether oxygens (including phenoxy) is 1. The lowest BCUT2D eigenvalue weighted by atomic mass is 10.2. The molecule has 136 valence electrons. The summed E-state index contributed by atoms with van der Waals surface area (Å²) in [5, 5.41) is 12.1. The second kappa shape index (κ2) is 8.89. The van der Waals surface area contributed by atoms with Crippen LogP contribution in [0.2, 0.25) is 0 Å². The Kier molecular flexibility index (Phi) is 6.87. The summed E-state index contributed by atoms with van der Waals surface area (Å²) in [4.78, 5) is 12.0. The van der Waals surface area contributed by atoms with E-state index >= 15 is 0 Å². The van der Waals surface area contributed by atoms with Gasteiger partial charge in [-0.1, -0.05) is 25.6 Å². The predicted molar refractivity (Wildman–Crippen MR) is 101 cm³/mol. The van der Waals surface area contributed by atoms with Gasteiger partial charge in [0.2, 0.25) is 5.91 Å². The van der Waals surface area contributed by atoms with Crippen LogP contribution in [0.15, 0.2) is 29.4 Å². The number of hydrogen-bond donors (Lipinski definition) is 1. The van der Waals surface area contributed by atoms with Crippen LogP contribution in [0, 0.1) is 5.92 Å². The molecule has 0 aliphatic carbocycles. The number of amides is 1. The minimum atomic E-state index is -0.223. The molecule has 6 nitrogen and oxygen atoms in total. The van der Waals surface area contributed by atoms with Gasteiger partial charge in [0.25, 0.3) is 0 Å². The zero-order valence-electron chi connectivity index (χ0n) is 15.4. The van der Waals surface area contributed by atoms with Gasteiger partial charge in [-0.2, -0.15) is 0 Å². The lowest BCUT2D eigenvalue weighted by Crippen LogP contribution is -2.30. The Balaban J connectivity index is 2.31. The molecule has 0 aliphatic rings. The highest BCUT2D eigenvalue weighted by molar-refractivity contribution is 8.00. The first-order valence-corrected chi connectivity index (χ1v) is 9.36. The van der Waals surface area contributed by atoms with Crippen LogP contribution >= 0.6 is 11.8 Å². The highest BCUT2D eigenvalue weighted by Gasteiger charge is 2.21. The highest BCUT2D eigenvalue weighted by atomic mass is 32.2. The van der Waals surface area contributed by atoms with Gasteiger partial charge in [0.15, 0.2) is 11.0 Å². The van der Waals surface area contributed by atoms with Crippen LogP contribution in [-0.4, -0.2) is 39.6 Å². The number of carbonyl (C=O) groups is 1. The van der Waals surface area contributed by atoms with E-state index in [9.17, 15) is 4.79 Å². The molecule has 1 aromatic carbocycles. The summed E-state index contributed by atoms with van der Waals surface area (Å²) in [5.41, 5.74) is 0.978. The smallest absolute Gasteiger partial charge is 0.233 e. The Morgan fingerprint density at radius 2 is 1.92 bits per heavy atom. The van der Waals surface area contributed by atoms with Crippen molar-refractivity contribution in [2.24, 2.45) is 5.92 Å². The fraction of sp³-hybridized carbons (Fsp3) is 0.500. The molecule has 2 aromatic rings. The van der Waals surface area contributed by atoms with Crippen molar-refractivity contribution in [3.63, 3.8) is 0 Å². The van der Waals surface area contributed by atoms with Crippen molar-refractivity contribution in [3.8, 4) is 17.1 Å². The van der Waals surface area contributed by atoms with Crippen LogP contribution in [0.1, 0.15) is 27.7 Å². The quantitative estimate of drug-likeness (QED) is 0.730. The number of carbonyl (C=O) groups excluding carboxylic acids is 1. The Morgan fingerprint density at radius 1 is 1.24 bits per heavy atom. The third-order valence-corrected chi connectivity index (χ3v) is 4.70. The van der Waals surface area contributed by atoms with Gasteiger partial charge in [-0.15, -0.1) is 10.2 Å². The summed E-state index contributed by atoms with van der Waals surface area (Å²) >= 11 is 1.44. The molecule has 0 saturated heterocycles. The summed E-state index contributed by atoms with van der Waals surface area (Å²) in [6.45, 7) is 9.52. The summed E-state index contributed by atoms with van der Waals surface area (Å²) in [6, 6.07) is 7.77. The number of nitrogens with one attached hydrogen (secondary N) is 1. The van der Waals surface area contributed by atoms with Crippen LogP contribution < -0.4 is 10.1 Å². The largest absolute Gasteiger partial charge is 0.497 e. The molecular weight excluding hydrogens is 336 g/mol. The Labute approximate surface area is 153 Å². The van der Waals surface area contributed by atoms with Gasteiger partial charge in [0.1, 0.15) is 5.75 Å². The zero-order chi connectivity index (χ0) is 18.4. The van der Waals surface area contributed by atoms with Gasteiger partial charge in [0.05, 0.1) is 12.4 Å². The maximum absolute atomic E-state index is 12.0. The molecule has 0 unspecified atom stereocenters. The maximum Gasteiger partial charge on any atom is 0.233 e. The van der Waals surface area contributed by atoms with Crippen molar-refractivity contribution < 1.29 is 9.53 Å². The van der Waals surface area contributed by atoms with Gasteiger partial charge < -0.3 is 14.6 Å². The molecule has 0 spiro atoms. The fourth-order valence-corrected chi connectivity index (χ4v) is 3.27. The first-order chi connectivity index (χ1) is 12.0. The molecule has 0 aliphatic heterocycles. The van der Waals surface area contributed by atoms with Crippen LogP contribution in [0.4, 0.5) is 0 Å². The normalized spacial score (nSPS) is 12.2. The van der Waals surface area contributed by atoms with Gasteiger partial charge >= 0.3 is 0 Å². The molecule has 7 heteroatoms. The van der Waals surface area contributed by atoms with Gasteiger partial charge in [0, 0.05) is 18.7 Å². The highest BCUT2D eigenvalue weighted by Crippen LogP contribution is 2.28. The topological polar surface area (TPSA) is 69.0 Å². The van der Waals surface area contributed by atoms with Crippen molar-refractivity contribution in [1.82, 2.24) is 20.1 Å². The average Bonchev–Trinajstić information content (AvgIpc) is 2.97. The van der Waals surface area contributed by atoms with E-state index in [0.29, 0.717) is 12.5 Å². The van der Waals surface area contributed by atoms with E-state index in [1.165, 1.54) is 11.8 Å². The van der Waals surface area contributed by atoms with Gasteiger partial charge in [-0.3, -0.25) is 4.79 Å². The number of thioether (sulfide) groups is 1. The van der Waals surface area contributed by atoms with E-state index < -0.39 is 0 Å². The van der Waals surface area contributed by atoms with E-state index in [1.807, 2.05) is 38.1 Å². The van der Waals surface area contributed by atoms with Crippen molar-refractivity contribution in [3.05, 3.63) is 24.3 Å². The molecule has 2 rings (SSSR count). The molecule has 1 amide bonds. The third kappa shape index (κ3) is 4.98. The molecule has 0 radical (unpaired) electrons. The van der Waals surface area contributed by atoms with E-state index in [1.54, 1.807) is 7.11 Å². The molecule has 1 heterocycles. The van der Waals surface area contributed by atoms with Crippen molar-refractivity contribution in [1.29, 1.82) is 0 Å². The number of aromatic nitrogens is 3. The maximum atomic E-state index is 12.0. The molecule has 0 saturated carbocycles. The van der Waals surface area contributed by atoms with E-state index in [4.69, 9.17) is 4.74 Å². The third-order valence-electron chi connectivity index (χ3n) is 3.62. The minimum absolute atomic E-state index is 0.0117. The zero-order valence-corrected chi connectivity index (χ0v) is 16.3. The van der Waals surface area contributed by atoms with Crippen molar-refractivity contribution in [2.45, 2.75) is 44.6 Å².